The summed E-state index contributed by atoms with van der Waals surface area (Å²) in [5, 5.41) is 8.85. The zero-order valence-electron chi connectivity index (χ0n) is 11.7. The molecule has 0 unspecified atom stereocenters. The molecule has 0 amide bonds. The highest BCUT2D eigenvalue weighted by Gasteiger charge is 2.15. The largest absolute Gasteiger partial charge is 0.329 e. The van der Waals surface area contributed by atoms with Gasteiger partial charge in [-0.15, -0.1) is 0 Å². The lowest BCUT2D eigenvalue weighted by molar-refractivity contribution is 0.670. The van der Waals surface area contributed by atoms with E-state index in [4.69, 9.17) is 16.9 Å². The molecule has 0 saturated carbocycles. The Bertz CT molecular complexity index is 811. The van der Waals surface area contributed by atoms with Crippen LogP contribution in [0.4, 0.5) is 0 Å². The Morgan fingerprint density at radius 1 is 1.29 bits per heavy atom. The van der Waals surface area contributed by atoms with Crippen molar-refractivity contribution in [3.63, 3.8) is 0 Å². The molecular weight excluding hydrogens is 290 g/mol. The van der Waals surface area contributed by atoms with E-state index in [2.05, 4.69) is 4.98 Å². The third-order valence-corrected chi connectivity index (χ3v) is 3.47. The molecule has 1 heterocycles. The van der Waals surface area contributed by atoms with Gasteiger partial charge in [0.2, 0.25) is 0 Å². The number of benzene rings is 1. The molecule has 5 nitrogen and oxygen atoms in total. The molecule has 0 bridgehead atoms. The van der Waals surface area contributed by atoms with E-state index in [-0.39, 0.29) is 23.2 Å². The van der Waals surface area contributed by atoms with Crippen LogP contribution in [0.15, 0.2) is 33.9 Å². The van der Waals surface area contributed by atoms with Crippen molar-refractivity contribution >= 4 is 11.6 Å². The lowest BCUT2D eigenvalue weighted by Crippen LogP contribution is -2.38. The second-order valence-electron chi connectivity index (χ2n) is 5.01. The van der Waals surface area contributed by atoms with E-state index in [9.17, 15) is 9.59 Å². The molecule has 1 aromatic carbocycles. The first kappa shape index (κ1) is 15.1. The predicted molar refractivity (Wildman–Crippen MR) is 80.7 cm³/mol. The summed E-state index contributed by atoms with van der Waals surface area (Å²) >= 11 is 5.94. The summed E-state index contributed by atoms with van der Waals surface area (Å²) in [5.74, 6) is -0.0888. The molecule has 2 rings (SSSR count). The molecule has 0 aliphatic carbocycles. The lowest BCUT2D eigenvalue weighted by Gasteiger charge is -2.11. The van der Waals surface area contributed by atoms with Crippen LogP contribution in [0.2, 0.25) is 5.15 Å². The molecule has 108 valence electrons. The summed E-state index contributed by atoms with van der Waals surface area (Å²) < 4.78 is 1.11. The molecule has 6 heteroatoms. The minimum Gasteiger partial charge on any atom is -0.297 e. The van der Waals surface area contributed by atoms with Gasteiger partial charge in [-0.3, -0.25) is 14.3 Å². The van der Waals surface area contributed by atoms with Crippen molar-refractivity contribution in [2.24, 2.45) is 0 Å². The summed E-state index contributed by atoms with van der Waals surface area (Å²) in [6.45, 7) is 3.82. The molecule has 0 atom stereocenters. The average molecular weight is 304 g/mol. The van der Waals surface area contributed by atoms with E-state index in [0.717, 1.165) is 10.1 Å². The third kappa shape index (κ3) is 3.06. The Kier molecular flexibility index (Phi) is 4.29. The van der Waals surface area contributed by atoms with Crippen molar-refractivity contribution in [1.82, 2.24) is 9.55 Å². The Morgan fingerprint density at radius 3 is 2.43 bits per heavy atom. The molecule has 1 aromatic heterocycles. The number of rotatable bonds is 3. The topological polar surface area (TPSA) is 78.7 Å². The summed E-state index contributed by atoms with van der Waals surface area (Å²) in [7, 11) is 0. The van der Waals surface area contributed by atoms with Gasteiger partial charge in [-0.05, 0) is 23.6 Å². The van der Waals surface area contributed by atoms with E-state index < -0.39 is 5.69 Å². The van der Waals surface area contributed by atoms with Crippen LogP contribution in [0, 0.1) is 11.3 Å². The van der Waals surface area contributed by atoms with Crippen LogP contribution in [0.1, 0.15) is 36.5 Å². The number of nitriles is 1. The average Bonchev–Trinajstić information content (AvgIpc) is 2.43. The maximum atomic E-state index is 12.4. The first-order valence-corrected chi connectivity index (χ1v) is 6.83. The molecule has 0 fully saturated rings. The van der Waals surface area contributed by atoms with E-state index in [1.54, 1.807) is 24.3 Å². The van der Waals surface area contributed by atoms with Gasteiger partial charge in [0.1, 0.15) is 5.15 Å². The standard InChI is InChI=1S/C15H14ClN3O2/c1-9(2)12-13(16)18-15(21)19(14(12)20)8-11-5-3-10(7-17)4-6-11/h3-6,9H,8H2,1-2H3,(H,18,21). The SMILES string of the molecule is CC(C)c1c(Cl)[nH]c(=O)n(Cc2ccc(C#N)cc2)c1=O. The molecule has 0 saturated heterocycles. The second kappa shape index (κ2) is 5.98. The summed E-state index contributed by atoms with van der Waals surface area (Å²) in [5.41, 5.74) is 0.754. The first-order chi connectivity index (χ1) is 9.93. The van der Waals surface area contributed by atoms with E-state index in [1.165, 1.54) is 0 Å². The minimum absolute atomic E-state index is 0.0888. The molecule has 1 N–H and O–H groups in total. The molecule has 0 spiro atoms. The van der Waals surface area contributed by atoms with Gasteiger partial charge in [0.25, 0.3) is 5.56 Å². The van der Waals surface area contributed by atoms with E-state index in [0.29, 0.717) is 11.1 Å². The van der Waals surface area contributed by atoms with Crippen LogP contribution in [0.25, 0.3) is 0 Å². The van der Waals surface area contributed by atoms with Gasteiger partial charge >= 0.3 is 5.69 Å². The number of H-pyrrole nitrogens is 1. The number of hydrogen-bond donors (Lipinski definition) is 1. The zero-order chi connectivity index (χ0) is 15.6. The van der Waals surface area contributed by atoms with Crippen molar-refractivity contribution < 1.29 is 0 Å². The number of nitrogens with zero attached hydrogens (tertiary/aromatic N) is 2. The Morgan fingerprint density at radius 2 is 1.90 bits per heavy atom. The van der Waals surface area contributed by atoms with E-state index >= 15 is 0 Å². The monoisotopic (exact) mass is 303 g/mol. The van der Waals surface area contributed by atoms with Gasteiger partial charge in [0, 0.05) is 0 Å². The van der Waals surface area contributed by atoms with Gasteiger partial charge in [0.05, 0.1) is 23.7 Å². The van der Waals surface area contributed by atoms with Crippen LogP contribution in [0.5, 0.6) is 0 Å². The van der Waals surface area contributed by atoms with Crippen molar-refractivity contribution in [3.05, 3.63) is 66.9 Å². The minimum atomic E-state index is -0.543. The van der Waals surface area contributed by atoms with Gasteiger partial charge in [-0.25, -0.2) is 4.79 Å². The number of hydrogen-bond acceptors (Lipinski definition) is 3. The molecule has 2 aromatic rings. The summed E-state index contributed by atoms with van der Waals surface area (Å²) in [6.07, 6.45) is 0. The number of aromatic nitrogens is 2. The van der Waals surface area contributed by atoms with Crippen LogP contribution in [-0.4, -0.2) is 9.55 Å². The second-order valence-corrected chi connectivity index (χ2v) is 5.39. The smallest absolute Gasteiger partial charge is 0.297 e. The molecule has 21 heavy (non-hydrogen) atoms. The van der Waals surface area contributed by atoms with Crippen molar-refractivity contribution in [2.45, 2.75) is 26.3 Å². The fraction of sp³-hybridized carbons (Fsp3) is 0.267. The highest BCUT2D eigenvalue weighted by atomic mass is 35.5. The maximum Gasteiger partial charge on any atom is 0.329 e. The van der Waals surface area contributed by atoms with Crippen LogP contribution in [-0.2, 0) is 6.54 Å². The summed E-state index contributed by atoms with van der Waals surface area (Å²) in [4.78, 5) is 26.8. The van der Waals surface area contributed by atoms with Gasteiger partial charge < -0.3 is 0 Å². The highest BCUT2D eigenvalue weighted by Crippen LogP contribution is 2.16. The fourth-order valence-electron chi connectivity index (χ4n) is 2.07. The van der Waals surface area contributed by atoms with Crippen molar-refractivity contribution in [1.29, 1.82) is 5.26 Å². The molecule has 0 aliphatic heterocycles. The molecule has 0 aliphatic rings. The number of nitrogens with one attached hydrogen (secondary N) is 1. The van der Waals surface area contributed by atoms with Crippen LogP contribution in [0.3, 0.4) is 0 Å². The maximum absolute atomic E-state index is 12.4. The Hall–Kier alpha value is -2.32. The van der Waals surface area contributed by atoms with E-state index in [1.807, 2.05) is 19.9 Å². The highest BCUT2D eigenvalue weighted by molar-refractivity contribution is 6.30. The Labute approximate surface area is 126 Å². The van der Waals surface area contributed by atoms with Gasteiger partial charge in [-0.1, -0.05) is 37.6 Å². The predicted octanol–water partition coefficient (Wildman–Crippen LogP) is 2.23. The summed E-state index contributed by atoms with van der Waals surface area (Å²) in [6, 6.07) is 8.74. The first-order valence-electron chi connectivity index (χ1n) is 6.45. The van der Waals surface area contributed by atoms with Gasteiger partial charge in [-0.2, -0.15) is 5.26 Å². The molecule has 0 radical (unpaired) electrons. The van der Waals surface area contributed by atoms with Crippen molar-refractivity contribution in [3.8, 4) is 6.07 Å². The molecular formula is C15H14ClN3O2. The van der Waals surface area contributed by atoms with Crippen LogP contribution < -0.4 is 11.2 Å². The number of halogens is 1. The Balaban J connectivity index is 2.49. The number of aromatic amines is 1. The lowest BCUT2D eigenvalue weighted by atomic mass is 10.1. The normalized spacial score (nSPS) is 10.6. The fourth-order valence-corrected chi connectivity index (χ4v) is 2.45. The third-order valence-electron chi connectivity index (χ3n) is 3.17. The van der Waals surface area contributed by atoms with Crippen LogP contribution >= 0.6 is 11.6 Å². The van der Waals surface area contributed by atoms with Crippen molar-refractivity contribution in [2.75, 3.05) is 0 Å². The zero-order valence-corrected chi connectivity index (χ0v) is 12.4. The van der Waals surface area contributed by atoms with Gasteiger partial charge in [0.15, 0.2) is 0 Å². The quantitative estimate of drug-likeness (QED) is 0.883.